The van der Waals surface area contributed by atoms with Crippen LogP contribution in [0.4, 0.5) is 0 Å². The summed E-state index contributed by atoms with van der Waals surface area (Å²) in [4.78, 5) is 0. The van der Waals surface area contributed by atoms with Gasteiger partial charge in [-0.1, -0.05) is 0 Å². The zero-order valence-electron chi connectivity index (χ0n) is 8.86. The second-order valence-corrected chi connectivity index (χ2v) is 3.52. The van der Waals surface area contributed by atoms with E-state index in [-0.39, 0.29) is 0 Å². The van der Waals surface area contributed by atoms with Crippen molar-refractivity contribution >= 4 is 17.7 Å². The minimum absolute atomic E-state index is 1.21. The van der Waals surface area contributed by atoms with E-state index in [0.717, 1.165) is 0 Å². The monoisotopic (exact) mass is 163 g/mol. The van der Waals surface area contributed by atoms with Crippen molar-refractivity contribution in [2.75, 3.05) is 13.1 Å². The van der Waals surface area contributed by atoms with Gasteiger partial charge in [0.25, 0.3) is 0 Å². The summed E-state index contributed by atoms with van der Waals surface area (Å²) in [6.45, 7) is 4.68. The summed E-state index contributed by atoms with van der Waals surface area (Å²) in [6, 6.07) is 0. The number of nitrogens with one attached hydrogen (secondary N) is 1. The van der Waals surface area contributed by atoms with Crippen LogP contribution in [0.5, 0.6) is 0 Å². The molecule has 12 heavy (non-hydrogen) atoms. The van der Waals surface area contributed by atoms with Crippen molar-refractivity contribution in [3.63, 3.8) is 0 Å². The van der Waals surface area contributed by atoms with Gasteiger partial charge >= 0.3 is 86.7 Å². The van der Waals surface area contributed by atoms with Crippen LogP contribution in [0.15, 0.2) is 0 Å². The van der Waals surface area contributed by atoms with E-state index in [2.05, 4.69) is 30.0 Å². The molecule has 0 heterocycles. The van der Waals surface area contributed by atoms with Crippen LogP contribution in [0.25, 0.3) is 0 Å². The zero-order chi connectivity index (χ0) is 9.07. The second kappa shape index (κ2) is 11.6. The second-order valence-electron chi connectivity index (χ2n) is 3.52. The van der Waals surface area contributed by atoms with Crippen molar-refractivity contribution in [3.8, 4) is 0 Å². The average molecular weight is 163 g/mol. The van der Waals surface area contributed by atoms with Gasteiger partial charge in [-0.2, -0.15) is 0 Å². The fourth-order valence-electron chi connectivity index (χ4n) is 1.28. The van der Waals surface area contributed by atoms with Crippen molar-refractivity contribution < 1.29 is 0 Å². The molecule has 0 fully saturated rings. The molecule has 68 valence electrons. The predicted octanol–water partition coefficient (Wildman–Crippen LogP) is 2.52. The van der Waals surface area contributed by atoms with Crippen molar-refractivity contribution in [2.24, 2.45) is 0 Å². The van der Waals surface area contributed by atoms with Gasteiger partial charge in [-0.3, -0.25) is 0 Å². The summed E-state index contributed by atoms with van der Waals surface area (Å²) < 4.78 is 0. The molecule has 0 aliphatic rings. The summed E-state index contributed by atoms with van der Waals surface area (Å²) in [7, 11) is 0. The first-order chi connectivity index (χ1) is 5.91. The van der Waals surface area contributed by atoms with E-state index < -0.39 is 0 Å². The number of hydrogen-bond donors (Lipinski definition) is 1. The van der Waals surface area contributed by atoms with Crippen molar-refractivity contribution in [1.82, 2.24) is 5.32 Å². The molecule has 0 saturated carbocycles. The Morgan fingerprint density at radius 1 is 0.917 bits per heavy atom. The van der Waals surface area contributed by atoms with Crippen molar-refractivity contribution in [2.45, 2.75) is 50.5 Å². The molecular weight excluding hydrogens is 141 g/mol. The van der Waals surface area contributed by atoms with E-state index in [0.29, 0.717) is 0 Å². The number of unbranched alkanes of at least 4 members (excludes halogenated alkanes) is 4. The van der Waals surface area contributed by atoms with Crippen LogP contribution in [0.2, 0.25) is 5.09 Å². The molecule has 0 rings (SSSR count). The van der Waals surface area contributed by atoms with Crippen LogP contribution in [-0.4, -0.2) is 30.8 Å². The van der Waals surface area contributed by atoms with E-state index in [1.807, 2.05) is 0 Å². The standard InChI is InChI=1S/C10H22N.Li/c1-3-5-7-8-10-11-9-6-4-2;/h11H,1,3-10H2,2H3;. The fraction of sp³-hybridized carbons (Fsp3) is 1.00. The van der Waals surface area contributed by atoms with E-state index in [4.69, 9.17) is 0 Å². The maximum absolute atomic E-state index is 3.46. The first kappa shape index (κ1) is 12.6. The van der Waals surface area contributed by atoms with Crippen LogP contribution < -0.4 is 5.32 Å². The summed E-state index contributed by atoms with van der Waals surface area (Å²) in [6.07, 6.45) is 8.25. The van der Waals surface area contributed by atoms with Crippen LogP contribution >= 0.6 is 0 Å². The molecule has 2 heteroatoms. The normalized spacial score (nSPS) is 10.6. The average Bonchev–Trinajstić information content (AvgIpc) is 2.10. The van der Waals surface area contributed by atoms with Crippen molar-refractivity contribution in [1.29, 1.82) is 0 Å². The van der Waals surface area contributed by atoms with Gasteiger partial charge in [0.05, 0.1) is 0 Å². The molecule has 1 nitrogen and oxygen atoms in total. The first-order valence-corrected chi connectivity index (χ1v) is 5.62. The molecule has 0 saturated heterocycles. The third-order valence-corrected chi connectivity index (χ3v) is 2.16. The molecule has 0 aromatic carbocycles. The Kier molecular flexibility index (Phi) is 12.1. The number of rotatable bonds is 9. The van der Waals surface area contributed by atoms with Gasteiger partial charge in [0.1, 0.15) is 0 Å². The summed E-state index contributed by atoms with van der Waals surface area (Å²) >= 11 is 2.26. The van der Waals surface area contributed by atoms with Crippen LogP contribution in [0.3, 0.4) is 0 Å². The topological polar surface area (TPSA) is 12.0 Å². The summed E-state index contributed by atoms with van der Waals surface area (Å²) in [5.74, 6) is 0. The minimum atomic E-state index is 1.21. The van der Waals surface area contributed by atoms with Gasteiger partial charge < -0.3 is 0 Å². The molecule has 0 aromatic rings. The molecule has 0 aromatic heterocycles. The van der Waals surface area contributed by atoms with Crippen molar-refractivity contribution in [3.05, 3.63) is 0 Å². The Bertz CT molecular complexity index is 66.2. The zero-order valence-corrected chi connectivity index (χ0v) is 8.86. The van der Waals surface area contributed by atoms with E-state index >= 15 is 0 Å². The van der Waals surface area contributed by atoms with E-state index in [1.165, 1.54) is 56.7 Å². The van der Waals surface area contributed by atoms with Gasteiger partial charge in [-0.15, -0.1) is 0 Å². The molecule has 0 amide bonds. The molecular formula is C10H22LiN. The Balaban J connectivity index is 2.73. The quantitative estimate of drug-likeness (QED) is 0.407. The molecule has 0 aliphatic heterocycles. The molecule has 0 aliphatic carbocycles. The third kappa shape index (κ3) is 10.6. The van der Waals surface area contributed by atoms with Gasteiger partial charge in [0.2, 0.25) is 0 Å². The molecule has 0 atom stereocenters. The third-order valence-electron chi connectivity index (χ3n) is 2.16. The molecule has 1 N–H and O–H groups in total. The predicted molar refractivity (Wildman–Crippen MR) is 56.8 cm³/mol. The SMILES string of the molecule is [Li][CH2]CCCCCNCCCC. The number of hydrogen-bond acceptors (Lipinski definition) is 1. The molecule has 0 bridgehead atoms. The Morgan fingerprint density at radius 2 is 1.58 bits per heavy atom. The molecule has 0 unspecified atom stereocenters. The van der Waals surface area contributed by atoms with E-state index in [1.54, 1.807) is 0 Å². The van der Waals surface area contributed by atoms with Gasteiger partial charge in [0, 0.05) is 0 Å². The summed E-state index contributed by atoms with van der Waals surface area (Å²) in [5.41, 5.74) is 0. The maximum atomic E-state index is 3.46. The Labute approximate surface area is 86.9 Å². The van der Waals surface area contributed by atoms with Gasteiger partial charge in [-0.25, -0.2) is 0 Å². The summed E-state index contributed by atoms with van der Waals surface area (Å²) in [5, 5.41) is 4.81. The van der Waals surface area contributed by atoms with Gasteiger partial charge in [-0.05, 0) is 0 Å². The van der Waals surface area contributed by atoms with Crippen LogP contribution in [0.1, 0.15) is 45.4 Å². The molecule has 0 spiro atoms. The Morgan fingerprint density at radius 3 is 2.25 bits per heavy atom. The first-order valence-electron chi connectivity index (χ1n) is 5.62. The van der Waals surface area contributed by atoms with Crippen LogP contribution in [-0.2, 0) is 0 Å². The van der Waals surface area contributed by atoms with Gasteiger partial charge in [0.15, 0.2) is 0 Å². The molecule has 0 radical (unpaired) electrons. The fourth-order valence-corrected chi connectivity index (χ4v) is 1.28. The van der Waals surface area contributed by atoms with Crippen LogP contribution in [0, 0.1) is 0 Å². The Hall–Kier alpha value is 0.557. The van der Waals surface area contributed by atoms with E-state index in [9.17, 15) is 0 Å².